The Hall–Kier alpha value is -1.57. The summed E-state index contributed by atoms with van der Waals surface area (Å²) < 4.78 is 0. The molecular weight excluding hydrogens is 172 g/mol. The Kier molecular flexibility index (Phi) is 1.51. The molecule has 0 radical (unpaired) electrons. The molecule has 2 aromatic rings. The molecule has 1 aliphatic carbocycles. The molecule has 0 atom stereocenters. The smallest absolute Gasteiger partial charge is 0.0707 e. The number of hydrogen-bond acceptors (Lipinski definition) is 2. The normalized spacial score (nSPS) is 14.6. The molecule has 0 saturated heterocycles. The molecule has 0 unspecified atom stereocenters. The standard InChI is InChI=1S/C12H12N2/c13-10-4-5-12-9(7-10)6-8-2-1-3-11(8)14-12/h4-7H,1-3,13H2. The van der Waals surface area contributed by atoms with E-state index >= 15 is 0 Å². The molecule has 0 fully saturated rings. The third kappa shape index (κ3) is 1.07. The number of nitrogens with zero attached hydrogens (tertiary/aromatic N) is 1. The summed E-state index contributed by atoms with van der Waals surface area (Å²) in [6.45, 7) is 0. The Morgan fingerprint density at radius 2 is 2.07 bits per heavy atom. The molecule has 14 heavy (non-hydrogen) atoms. The molecule has 0 amide bonds. The molecule has 2 heteroatoms. The molecule has 1 heterocycles. The second kappa shape index (κ2) is 2.71. The Labute approximate surface area is 82.8 Å². The maximum Gasteiger partial charge on any atom is 0.0707 e. The molecule has 0 bridgehead atoms. The number of rotatable bonds is 0. The fourth-order valence-electron chi connectivity index (χ4n) is 2.16. The van der Waals surface area contributed by atoms with Crippen LogP contribution in [0.4, 0.5) is 5.69 Å². The van der Waals surface area contributed by atoms with Crippen molar-refractivity contribution in [1.82, 2.24) is 4.98 Å². The first-order valence-electron chi connectivity index (χ1n) is 5.01. The van der Waals surface area contributed by atoms with Gasteiger partial charge in [-0.2, -0.15) is 0 Å². The average Bonchev–Trinajstić information content (AvgIpc) is 2.61. The summed E-state index contributed by atoms with van der Waals surface area (Å²) in [5.74, 6) is 0. The molecule has 1 aliphatic rings. The lowest BCUT2D eigenvalue weighted by Gasteiger charge is -2.03. The van der Waals surface area contributed by atoms with Crippen LogP contribution in [-0.4, -0.2) is 4.98 Å². The predicted octanol–water partition coefficient (Wildman–Crippen LogP) is 2.31. The summed E-state index contributed by atoms with van der Waals surface area (Å²) in [6, 6.07) is 8.15. The number of aromatic nitrogens is 1. The van der Waals surface area contributed by atoms with Crippen LogP contribution in [0.2, 0.25) is 0 Å². The van der Waals surface area contributed by atoms with Crippen LogP contribution in [0.5, 0.6) is 0 Å². The van der Waals surface area contributed by atoms with Gasteiger partial charge in [-0.3, -0.25) is 4.98 Å². The Morgan fingerprint density at radius 1 is 1.14 bits per heavy atom. The molecule has 0 spiro atoms. The number of benzene rings is 1. The van der Waals surface area contributed by atoms with Gasteiger partial charge in [0.1, 0.15) is 0 Å². The number of hydrogen-bond donors (Lipinski definition) is 1. The lowest BCUT2D eigenvalue weighted by molar-refractivity contribution is 0.901. The van der Waals surface area contributed by atoms with E-state index in [9.17, 15) is 0 Å². The van der Waals surface area contributed by atoms with Crippen LogP contribution in [0.25, 0.3) is 10.9 Å². The zero-order valence-electron chi connectivity index (χ0n) is 7.96. The van der Waals surface area contributed by atoms with E-state index in [4.69, 9.17) is 5.73 Å². The van der Waals surface area contributed by atoms with Gasteiger partial charge in [-0.05, 0) is 49.1 Å². The Balaban J connectivity index is 2.33. The minimum Gasteiger partial charge on any atom is -0.399 e. The van der Waals surface area contributed by atoms with Gasteiger partial charge >= 0.3 is 0 Å². The molecule has 3 rings (SSSR count). The summed E-state index contributed by atoms with van der Waals surface area (Å²) in [4.78, 5) is 4.64. The highest BCUT2D eigenvalue weighted by atomic mass is 14.7. The van der Waals surface area contributed by atoms with Gasteiger partial charge in [0.15, 0.2) is 0 Å². The Morgan fingerprint density at radius 3 is 3.00 bits per heavy atom. The van der Waals surface area contributed by atoms with E-state index in [0.29, 0.717) is 0 Å². The lowest BCUT2D eigenvalue weighted by atomic mass is 10.1. The first-order valence-corrected chi connectivity index (χ1v) is 5.01. The summed E-state index contributed by atoms with van der Waals surface area (Å²) >= 11 is 0. The molecule has 0 saturated carbocycles. The maximum absolute atomic E-state index is 5.74. The van der Waals surface area contributed by atoms with E-state index in [1.165, 1.54) is 29.5 Å². The molecule has 1 aromatic carbocycles. The van der Waals surface area contributed by atoms with Crippen LogP contribution in [0.1, 0.15) is 17.7 Å². The zero-order chi connectivity index (χ0) is 9.54. The number of nitrogens with two attached hydrogens (primary N) is 1. The average molecular weight is 184 g/mol. The minimum atomic E-state index is 0.817. The number of anilines is 1. The van der Waals surface area contributed by atoms with Gasteiger partial charge in [0, 0.05) is 16.8 Å². The van der Waals surface area contributed by atoms with Crippen molar-refractivity contribution in [2.45, 2.75) is 19.3 Å². The third-order valence-corrected chi connectivity index (χ3v) is 2.87. The Bertz CT molecular complexity index is 503. The van der Waals surface area contributed by atoms with Gasteiger partial charge in [-0.1, -0.05) is 0 Å². The van der Waals surface area contributed by atoms with E-state index in [1.54, 1.807) is 0 Å². The van der Waals surface area contributed by atoms with E-state index < -0.39 is 0 Å². The van der Waals surface area contributed by atoms with Crippen LogP contribution in [-0.2, 0) is 12.8 Å². The molecule has 1 aromatic heterocycles. The largest absolute Gasteiger partial charge is 0.399 e. The maximum atomic E-state index is 5.74. The predicted molar refractivity (Wildman–Crippen MR) is 58.2 cm³/mol. The van der Waals surface area contributed by atoms with Crippen molar-refractivity contribution in [2.24, 2.45) is 0 Å². The second-order valence-electron chi connectivity index (χ2n) is 3.90. The van der Waals surface area contributed by atoms with Gasteiger partial charge in [-0.25, -0.2) is 0 Å². The fraction of sp³-hybridized carbons (Fsp3) is 0.250. The van der Waals surface area contributed by atoms with Gasteiger partial charge in [0.2, 0.25) is 0 Å². The highest BCUT2D eigenvalue weighted by molar-refractivity contribution is 5.82. The van der Waals surface area contributed by atoms with Crippen LogP contribution in [0.3, 0.4) is 0 Å². The van der Waals surface area contributed by atoms with E-state index in [2.05, 4.69) is 11.1 Å². The summed E-state index contributed by atoms with van der Waals surface area (Å²) in [5.41, 5.74) is 10.3. The topological polar surface area (TPSA) is 38.9 Å². The van der Waals surface area contributed by atoms with Gasteiger partial charge < -0.3 is 5.73 Å². The lowest BCUT2D eigenvalue weighted by Crippen LogP contribution is -1.91. The number of nitrogen functional groups attached to an aromatic ring is 1. The molecule has 70 valence electrons. The molecule has 2 nitrogen and oxygen atoms in total. The number of aryl methyl sites for hydroxylation is 2. The van der Waals surface area contributed by atoms with E-state index in [-0.39, 0.29) is 0 Å². The summed E-state index contributed by atoms with van der Waals surface area (Å²) in [5, 5.41) is 1.17. The first kappa shape index (κ1) is 7.80. The summed E-state index contributed by atoms with van der Waals surface area (Å²) in [6.07, 6.45) is 3.55. The number of fused-ring (bicyclic) bond motifs is 2. The van der Waals surface area contributed by atoms with Crippen molar-refractivity contribution in [3.63, 3.8) is 0 Å². The monoisotopic (exact) mass is 184 g/mol. The minimum absolute atomic E-state index is 0.817. The first-order chi connectivity index (χ1) is 6.83. The van der Waals surface area contributed by atoms with Crippen molar-refractivity contribution in [2.75, 3.05) is 5.73 Å². The fourth-order valence-corrected chi connectivity index (χ4v) is 2.16. The van der Waals surface area contributed by atoms with Gasteiger partial charge in [0.25, 0.3) is 0 Å². The third-order valence-electron chi connectivity index (χ3n) is 2.87. The van der Waals surface area contributed by atoms with Crippen LogP contribution in [0, 0.1) is 0 Å². The molecule has 0 aliphatic heterocycles. The van der Waals surface area contributed by atoms with Crippen LogP contribution >= 0.6 is 0 Å². The molecular formula is C12H12N2. The van der Waals surface area contributed by atoms with Gasteiger partial charge in [-0.15, -0.1) is 0 Å². The highest BCUT2D eigenvalue weighted by Gasteiger charge is 2.12. The van der Waals surface area contributed by atoms with Crippen molar-refractivity contribution >= 4 is 16.6 Å². The van der Waals surface area contributed by atoms with Crippen LogP contribution < -0.4 is 5.73 Å². The van der Waals surface area contributed by atoms with Crippen LogP contribution in [0.15, 0.2) is 24.3 Å². The van der Waals surface area contributed by atoms with E-state index in [1.807, 2.05) is 18.2 Å². The van der Waals surface area contributed by atoms with Crippen molar-refractivity contribution in [1.29, 1.82) is 0 Å². The van der Waals surface area contributed by atoms with Crippen molar-refractivity contribution < 1.29 is 0 Å². The van der Waals surface area contributed by atoms with Crippen molar-refractivity contribution in [3.8, 4) is 0 Å². The SMILES string of the molecule is Nc1ccc2nc3c(cc2c1)CCC3. The van der Waals surface area contributed by atoms with Crippen molar-refractivity contribution in [3.05, 3.63) is 35.5 Å². The number of pyridine rings is 1. The van der Waals surface area contributed by atoms with Gasteiger partial charge in [0.05, 0.1) is 5.52 Å². The van der Waals surface area contributed by atoms with E-state index in [0.717, 1.165) is 17.6 Å². The molecule has 2 N–H and O–H groups in total. The second-order valence-corrected chi connectivity index (χ2v) is 3.90. The highest BCUT2D eigenvalue weighted by Crippen LogP contribution is 2.25. The zero-order valence-corrected chi connectivity index (χ0v) is 7.96. The summed E-state index contributed by atoms with van der Waals surface area (Å²) in [7, 11) is 0. The quantitative estimate of drug-likeness (QED) is 0.638.